The molecule has 0 aliphatic carbocycles. The lowest BCUT2D eigenvalue weighted by Crippen LogP contribution is -2.23. The van der Waals surface area contributed by atoms with Gasteiger partial charge in [0.25, 0.3) is 5.56 Å². The third-order valence-electron chi connectivity index (χ3n) is 4.01. The number of rotatable bonds is 5. The van der Waals surface area contributed by atoms with Gasteiger partial charge in [-0.05, 0) is 31.7 Å². The lowest BCUT2D eigenvalue weighted by molar-refractivity contribution is -0.275. The molecule has 3 rings (SSSR count). The smallest absolute Gasteiger partial charge is 0.405 e. The first-order valence-electron chi connectivity index (χ1n) is 8.23. The molecule has 1 aromatic carbocycles. The quantitative estimate of drug-likeness (QED) is 0.683. The summed E-state index contributed by atoms with van der Waals surface area (Å²) >= 11 is 0. The van der Waals surface area contributed by atoms with E-state index >= 15 is 0 Å². The van der Waals surface area contributed by atoms with E-state index in [0.29, 0.717) is 23.4 Å². The topological polar surface area (TPSA) is 46.8 Å². The van der Waals surface area contributed by atoms with Crippen molar-refractivity contribution < 1.29 is 17.9 Å². The zero-order chi connectivity index (χ0) is 19.6. The number of para-hydroxylation sites is 1. The van der Waals surface area contributed by atoms with E-state index in [1.807, 2.05) is 13.0 Å². The maximum Gasteiger partial charge on any atom is 0.573 e. The maximum atomic E-state index is 12.6. The van der Waals surface area contributed by atoms with Gasteiger partial charge in [-0.25, -0.2) is 4.98 Å². The van der Waals surface area contributed by atoms with Crippen LogP contribution in [0.15, 0.2) is 53.5 Å². The number of aryl methyl sites for hydroxylation is 1. The number of ether oxygens (including phenoxy) is 1. The summed E-state index contributed by atoms with van der Waals surface area (Å²) in [6.07, 6.45) is -3.10. The van der Waals surface area contributed by atoms with Crippen LogP contribution in [0.2, 0.25) is 0 Å². The Morgan fingerprint density at radius 1 is 1.15 bits per heavy atom. The number of alkyl halides is 3. The van der Waals surface area contributed by atoms with Gasteiger partial charge >= 0.3 is 6.36 Å². The van der Waals surface area contributed by atoms with Crippen molar-refractivity contribution >= 4 is 5.65 Å². The van der Waals surface area contributed by atoms with Crippen LogP contribution in [0.1, 0.15) is 16.8 Å². The van der Waals surface area contributed by atoms with Crippen LogP contribution < -0.4 is 10.3 Å². The van der Waals surface area contributed by atoms with Crippen molar-refractivity contribution in [2.24, 2.45) is 0 Å². The summed E-state index contributed by atoms with van der Waals surface area (Å²) in [5.41, 5.74) is 2.17. The Morgan fingerprint density at radius 3 is 2.63 bits per heavy atom. The number of hydrogen-bond acceptors (Lipinski definition) is 4. The Bertz CT molecular complexity index is 1010. The highest BCUT2D eigenvalue weighted by molar-refractivity contribution is 5.46. The fraction of sp³-hybridized carbons (Fsp3) is 0.263. The number of halogens is 3. The van der Waals surface area contributed by atoms with E-state index in [0.717, 1.165) is 5.56 Å². The average Bonchev–Trinajstić information content (AvgIpc) is 2.56. The van der Waals surface area contributed by atoms with Crippen LogP contribution in [0.3, 0.4) is 0 Å². The molecule has 8 heteroatoms. The Hall–Kier alpha value is -2.87. The van der Waals surface area contributed by atoms with Gasteiger partial charge in [0.1, 0.15) is 11.4 Å². The first-order chi connectivity index (χ1) is 12.7. The van der Waals surface area contributed by atoms with E-state index in [9.17, 15) is 18.0 Å². The van der Waals surface area contributed by atoms with Gasteiger partial charge in [0.15, 0.2) is 0 Å². The van der Waals surface area contributed by atoms with Gasteiger partial charge in [0.2, 0.25) is 0 Å². The molecule has 0 radical (unpaired) electrons. The van der Waals surface area contributed by atoms with Crippen molar-refractivity contribution in [1.29, 1.82) is 0 Å². The zero-order valence-corrected chi connectivity index (χ0v) is 14.8. The summed E-state index contributed by atoms with van der Waals surface area (Å²) in [5, 5.41) is 0. The standard InChI is InChI=1S/C19H18F3N3O2/c1-13-6-5-9-25-17(26)10-15(23-18(13)25)12-24(2)11-14-7-3-4-8-16(14)27-19(20,21)22/h3-10H,11-12H2,1-2H3. The van der Waals surface area contributed by atoms with Crippen molar-refractivity contribution in [3.05, 3.63) is 75.8 Å². The van der Waals surface area contributed by atoms with Crippen LogP contribution in [-0.2, 0) is 13.1 Å². The summed E-state index contributed by atoms with van der Waals surface area (Å²) in [7, 11) is 1.74. The predicted molar refractivity (Wildman–Crippen MR) is 94.5 cm³/mol. The molecule has 0 spiro atoms. The number of fused-ring (bicyclic) bond motifs is 1. The Morgan fingerprint density at radius 2 is 1.89 bits per heavy atom. The summed E-state index contributed by atoms with van der Waals surface area (Å²) < 4.78 is 43.2. The predicted octanol–water partition coefficient (Wildman–Crippen LogP) is 3.53. The lowest BCUT2D eigenvalue weighted by Gasteiger charge is -2.19. The van der Waals surface area contributed by atoms with Crippen LogP contribution in [0.5, 0.6) is 5.75 Å². The molecule has 27 heavy (non-hydrogen) atoms. The van der Waals surface area contributed by atoms with Gasteiger partial charge in [-0.2, -0.15) is 0 Å². The van der Waals surface area contributed by atoms with Crippen LogP contribution in [0.25, 0.3) is 5.65 Å². The van der Waals surface area contributed by atoms with Crippen molar-refractivity contribution in [2.45, 2.75) is 26.4 Å². The molecule has 0 fully saturated rings. The fourth-order valence-corrected chi connectivity index (χ4v) is 2.87. The van der Waals surface area contributed by atoms with Gasteiger partial charge in [0, 0.05) is 30.9 Å². The second kappa shape index (κ2) is 7.40. The summed E-state index contributed by atoms with van der Waals surface area (Å²) in [5.74, 6) is -0.237. The molecule has 5 nitrogen and oxygen atoms in total. The van der Waals surface area contributed by atoms with Gasteiger partial charge in [0.05, 0.1) is 5.69 Å². The van der Waals surface area contributed by atoms with Crippen molar-refractivity contribution in [3.8, 4) is 5.75 Å². The Labute approximate surface area is 153 Å². The molecule has 0 N–H and O–H groups in total. The van der Waals surface area contributed by atoms with Crippen LogP contribution in [-0.4, -0.2) is 27.7 Å². The number of aromatic nitrogens is 2. The van der Waals surface area contributed by atoms with Gasteiger partial charge < -0.3 is 4.74 Å². The highest BCUT2D eigenvalue weighted by Crippen LogP contribution is 2.27. The SMILES string of the molecule is Cc1cccn2c(=O)cc(CN(C)Cc3ccccc3OC(F)(F)F)nc12. The highest BCUT2D eigenvalue weighted by Gasteiger charge is 2.32. The first-order valence-corrected chi connectivity index (χ1v) is 8.23. The van der Waals surface area contributed by atoms with Crippen molar-refractivity contribution in [1.82, 2.24) is 14.3 Å². The number of hydrogen-bond donors (Lipinski definition) is 0. The van der Waals surface area contributed by atoms with Crippen LogP contribution in [0.4, 0.5) is 13.2 Å². The molecule has 0 saturated carbocycles. The van der Waals surface area contributed by atoms with Gasteiger partial charge in [-0.3, -0.25) is 14.1 Å². The van der Waals surface area contributed by atoms with E-state index in [1.54, 1.807) is 36.3 Å². The van der Waals surface area contributed by atoms with Crippen molar-refractivity contribution in [3.63, 3.8) is 0 Å². The second-order valence-electron chi connectivity index (χ2n) is 6.30. The van der Waals surface area contributed by atoms with Crippen molar-refractivity contribution in [2.75, 3.05) is 7.05 Å². The number of nitrogens with zero attached hydrogens (tertiary/aromatic N) is 3. The maximum absolute atomic E-state index is 12.6. The van der Waals surface area contributed by atoms with Gasteiger partial charge in [-0.1, -0.05) is 24.3 Å². The molecule has 0 aliphatic rings. The first kappa shape index (κ1) is 18.9. The third-order valence-corrected chi connectivity index (χ3v) is 4.01. The Balaban J connectivity index is 1.81. The fourth-order valence-electron chi connectivity index (χ4n) is 2.87. The highest BCUT2D eigenvalue weighted by atomic mass is 19.4. The molecule has 0 amide bonds. The molecular formula is C19H18F3N3O2. The molecule has 2 aromatic heterocycles. The lowest BCUT2D eigenvalue weighted by atomic mass is 10.2. The molecule has 0 bridgehead atoms. The van der Waals surface area contributed by atoms with E-state index in [2.05, 4.69) is 9.72 Å². The van der Waals surface area contributed by atoms with Gasteiger partial charge in [-0.15, -0.1) is 13.2 Å². The molecule has 0 aliphatic heterocycles. The minimum absolute atomic E-state index is 0.201. The third kappa shape index (κ3) is 4.65. The molecule has 2 heterocycles. The average molecular weight is 377 g/mol. The van der Waals surface area contributed by atoms with E-state index in [4.69, 9.17) is 0 Å². The minimum atomic E-state index is -4.75. The molecule has 3 aromatic rings. The molecule has 0 saturated heterocycles. The summed E-state index contributed by atoms with van der Waals surface area (Å²) in [6, 6.07) is 11.1. The Kier molecular flexibility index (Phi) is 5.18. The zero-order valence-electron chi connectivity index (χ0n) is 14.8. The van der Waals surface area contributed by atoms with E-state index in [-0.39, 0.29) is 17.9 Å². The molecule has 0 atom stereocenters. The largest absolute Gasteiger partial charge is 0.573 e. The van der Waals surface area contributed by atoms with E-state index < -0.39 is 6.36 Å². The molecule has 0 unspecified atom stereocenters. The normalized spacial score (nSPS) is 11.9. The minimum Gasteiger partial charge on any atom is -0.405 e. The second-order valence-corrected chi connectivity index (χ2v) is 6.30. The van der Waals surface area contributed by atoms with Crippen LogP contribution in [0, 0.1) is 6.92 Å². The van der Waals surface area contributed by atoms with Crippen LogP contribution >= 0.6 is 0 Å². The molecule has 142 valence electrons. The van der Waals surface area contributed by atoms with E-state index in [1.165, 1.54) is 22.6 Å². The molecular weight excluding hydrogens is 359 g/mol. The number of pyridine rings is 1. The number of benzene rings is 1. The monoisotopic (exact) mass is 377 g/mol. The summed E-state index contributed by atoms with van der Waals surface area (Å²) in [6.45, 7) is 2.38. The summed E-state index contributed by atoms with van der Waals surface area (Å²) in [4.78, 5) is 18.5.